The number of benzene rings is 3. The topological polar surface area (TPSA) is 100 Å². The van der Waals surface area contributed by atoms with Gasteiger partial charge in [0.05, 0.1) is 37.7 Å². The fourth-order valence-electron chi connectivity index (χ4n) is 5.07. The second kappa shape index (κ2) is 14.2. The SMILES string of the molecule is COC(=O)c1cc(Br)c(CC(=O)NN(c2ccc(CNC(C)=O)cc2)c2c(C)cccc2N2CCCCC2)cc1OC. The van der Waals surface area contributed by atoms with Gasteiger partial charge in [-0.3, -0.25) is 20.0 Å². The number of rotatable bonds is 10. The summed E-state index contributed by atoms with van der Waals surface area (Å²) in [4.78, 5) is 39.6. The summed E-state index contributed by atoms with van der Waals surface area (Å²) in [6.07, 6.45) is 3.48. The minimum absolute atomic E-state index is 0.0282. The van der Waals surface area contributed by atoms with E-state index < -0.39 is 5.97 Å². The molecule has 0 saturated carbocycles. The first kappa shape index (κ1) is 30.9. The van der Waals surface area contributed by atoms with E-state index in [1.54, 1.807) is 12.1 Å². The molecule has 10 heteroatoms. The fourth-order valence-corrected chi connectivity index (χ4v) is 5.55. The quantitative estimate of drug-likeness (QED) is 0.221. The molecule has 0 bridgehead atoms. The van der Waals surface area contributed by atoms with Gasteiger partial charge < -0.3 is 19.7 Å². The van der Waals surface area contributed by atoms with Crippen molar-refractivity contribution in [1.82, 2.24) is 10.7 Å². The molecular weight excluding hydrogens is 600 g/mol. The molecule has 4 rings (SSSR count). The maximum Gasteiger partial charge on any atom is 0.341 e. The fraction of sp³-hybridized carbons (Fsp3) is 0.344. The van der Waals surface area contributed by atoms with E-state index in [1.807, 2.05) is 48.3 Å². The van der Waals surface area contributed by atoms with Gasteiger partial charge in [-0.25, -0.2) is 4.79 Å². The molecule has 1 fully saturated rings. The molecule has 0 radical (unpaired) electrons. The van der Waals surface area contributed by atoms with Crippen LogP contribution in [0.25, 0.3) is 0 Å². The average Bonchev–Trinajstić information content (AvgIpc) is 3.00. The van der Waals surface area contributed by atoms with Gasteiger partial charge >= 0.3 is 5.97 Å². The molecular formula is C32H37BrN4O5. The van der Waals surface area contributed by atoms with Crippen molar-refractivity contribution >= 4 is 50.8 Å². The van der Waals surface area contributed by atoms with Crippen molar-refractivity contribution in [1.29, 1.82) is 0 Å². The number of nitrogens with one attached hydrogen (secondary N) is 2. The second-order valence-corrected chi connectivity index (χ2v) is 11.1. The number of hydrogen-bond donors (Lipinski definition) is 2. The van der Waals surface area contributed by atoms with E-state index in [-0.39, 0.29) is 23.8 Å². The molecule has 3 aromatic rings. The number of nitrogens with zero attached hydrogens (tertiary/aromatic N) is 2. The summed E-state index contributed by atoms with van der Waals surface area (Å²) in [5, 5.41) is 4.66. The number of aryl methyl sites for hydroxylation is 1. The van der Waals surface area contributed by atoms with Gasteiger partial charge in [-0.15, -0.1) is 0 Å². The first-order chi connectivity index (χ1) is 20.2. The molecule has 1 aliphatic heterocycles. The van der Waals surface area contributed by atoms with Crippen molar-refractivity contribution in [2.45, 2.75) is 46.1 Å². The van der Waals surface area contributed by atoms with E-state index in [9.17, 15) is 14.4 Å². The Morgan fingerprint density at radius 1 is 1.00 bits per heavy atom. The van der Waals surface area contributed by atoms with Gasteiger partial charge in [0.1, 0.15) is 11.3 Å². The summed E-state index contributed by atoms with van der Waals surface area (Å²) in [5.41, 5.74) is 8.77. The van der Waals surface area contributed by atoms with Gasteiger partial charge in [0, 0.05) is 31.0 Å². The number of para-hydroxylation sites is 1. The van der Waals surface area contributed by atoms with Crippen molar-refractivity contribution in [3.05, 3.63) is 81.3 Å². The Morgan fingerprint density at radius 2 is 1.71 bits per heavy atom. The number of amides is 2. The summed E-state index contributed by atoms with van der Waals surface area (Å²) in [6.45, 7) is 5.85. The Bertz CT molecular complexity index is 1440. The minimum Gasteiger partial charge on any atom is -0.496 e. The average molecular weight is 638 g/mol. The summed E-state index contributed by atoms with van der Waals surface area (Å²) < 4.78 is 10.9. The molecule has 222 valence electrons. The van der Waals surface area contributed by atoms with Crippen LogP contribution in [-0.2, 0) is 27.3 Å². The Balaban J connectivity index is 1.69. The highest BCUT2D eigenvalue weighted by molar-refractivity contribution is 9.10. The van der Waals surface area contributed by atoms with E-state index in [2.05, 4.69) is 37.6 Å². The number of hydrazine groups is 1. The van der Waals surface area contributed by atoms with Gasteiger partial charge in [-0.2, -0.15) is 0 Å². The largest absolute Gasteiger partial charge is 0.496 e. The number of anilines is 3. The smallest absolute Gasteiger partial charge is 0.341 e. The molecule has 2 amide bonds. The van der Waals surface area contributed by atoms with Crippen molar-refractivity contribution in [2.24, 2.45) is 0 Å². The molecule has 1 saturated heterocycles. The third-order valence-corrected chi connectivity index (χ3v) is 7.97. The number of hydrogen-bond acceptors (Lipinski definition) is 7. The molecule has 9 nitrogen and oxygen atoms in total. The van der Waals surface area contributed by atoms with E-state index in [0.29, 0.717) is 22.3 Å². The maximum atomic E-state index is 13.7. The number of carbonyl (C=O) groups excluding carboxylic acids is 3. The van der Waals surface area contributed by atoms with Crippen LogP contribution in [0.4, 0.5) is 17.1 Å². The summed E-state index contributed by atoms with van der Waals surface area (Å²) >= 11 is 3.51. The van der Waals surface area contributed by atoms with Crippen molar-refractivity contribution in [3.63, 3.8) is 0 Å². The molecule has 0 aliphatic carbocycles. The monoisotopic (exact) mass is 636 g/mol. The van der Waals surface area contributed by atoms with Gasteiger partial charge in [-0.05, 0) is 73.2 Å². The van der Waals surface area contributed by atoms with Gasteiger partial charge in [-0.1, -0.05) is 40.2 Å². The molecule has 0 aromatic heterocycles. The zero-order valence-corrected chi connectivity index (χ0v) is 26.0. The number of halogens is 1. The van der Waals surface area contributed by atoms with Gasteiger partial charge in [0.15, 0.2) is 0 Å². The third-order valence-electron chi connectivity index (χ3n) is 7.23. The lowest BCUT2D eigenvalue weighted by molar-refractivity contribution is -0.120. The standard InChI is InChI=1S/C32H37BrN4O5/c1-21-9-8-10-28(36-15-6-5-7-16-36)31(21)37(25-13-11-23(12-14-25)20-34-22(2)38)35-30(39)18-24-17-29(41-3)26(19-27(24)33)32(40)42-4/h8-14,17,19H,5-7,15-16,18,20H2,1-4H3,(H,34,38)(H,35,39). The van der Waals surface area contributed by atoms with Crippen LogP contribution in [0.1, 0.15) is 53.2 Å². The Labute approximate surface area is 255 Å². The van der Waals surface area contributed by atoms with Gasteiger partial charge in [0.25, 0.3) is 0 Å². The lowest BCUT2D eigenvalue weighted by Gasteiger charge is -2.35. The molecule has 2 N–H and O–H groups in total. The van der Waals surface area contributed by atoms with Crippen LogP contribution in [0.2, 0.25) is 0 Å². The number of piperidine rings is 1. The van der Waals surface area contributed by atoms with Crippen molar-refractivity contribution < 1.29 is 23.9 Å². The number of ether oxygens (including phenoxy) is 2. The Hall–Kier alpha value is -4.05. The molecule has 0 atom stereocenters. The van der Waals surface area contributed by atoms with E-state index >= 15 is 0 Å². The molecule has 3 aromatic carbocycles. The van der Waals surface area contributed by atoms with Crippen LogP contribution in [0.3, 0.4) is 0 Å². The minimum atomic E-state index is -0.526. The zero-order chi connectivity index (χ0) is 30.2. The molecule has 0 spiro atoms. The highest BCUT2D eigenvalue weighted by atomic mass is 79.9. The summed E-state index contributed by atoms with van der Waals surface area (Å²) in [5.74, 6) is -0.549. The highest BCUT2D eigenvalue weighted by Gasteiger charge is 2.24. The molecule has 1 heterocycles. The van der Waals surface area contributed by atoms with Crippen molar-refractivity contribution in [3.8, 4) is 5.75 Å². The van der Waals surface area contributed by atoms with Gasteiger partial charge in [0.2, 0.25) is 11.8 Å². The van der Waals surface area contributed by atoms with E-state index in [4.69, 9.17) is 9.47 Å². The van der Waals surface area contributed by atoms with E-state index in [1.165, 1.54) is 27.6 Å². The van der Waals surface area contributed by atoms with Crippen LogP contribution < -0.4 is 25.4 Å². The Kier molecular flexibility index (Phi) is 10.5. The van der Waals surface area contributed by atoms with E-state index in [0.717, 1.165) is 54.1 Å². The van der Waals surface area contributed by atoms with Crippen LogP contribution in [0.5, 0.6) is 5.75 Å². The first-order valence-corrected chi connectivity index (χ1v) is 14.7. The molecule has 42 heavy (non-hydrogen) atoms. The summed E-state index contributed by atoms with van der Waals surface area (Å²) in [7, 11) is 2.78. The van der Waals surface area contributed by atoms with Crippen LogP contribution in [-0.4, -0.2) is 45.1 Å². The number of methoxy groups -OCH3 is 2. The zero-order valence-electron chi connectivity index (χ0n) is 24.5. The maximum absolute atomic E-state index is 13.7. The van der Waals surface area contributed by atoms with Crippen molar-refractivity contribution in [2.75, 3.05) is 37.2 Å². The predicted molar refractivity (Wildman–Crippen MR) is 167 cm³/mol. The molecule has 0 unspecified atom stereocenters. The van der Waals surface area contributed by atoms with Crippen LogP contribution in [0, 0.1) is 6.92 Å². The lowest BCUT2D eigenvalue weighted by Crippen LogP contribution is -2.41. The normalized spacial score (nSPS) is 12.8. The third kappa shape index (κ3) is 7.42. The van der Waals surface area contributed by atoms with Crippen LogP contribution >= 0.6 is 15.9 Å². The summed E-state index contributed by atoms with van der Waals surface area (Å²) in [6, 6.07) is 17.2. The molecule has 1 aliphatic rings. The number of carbonyl (C=O) groups is 3. The Morgan fingerprint density at radius 3 is 2.36 bits per heavy atom. The highest BCUT2D eigenvalue weighted by Crippen LogP contribution is 2.38. The second-order valence-electron chi connectivity index (χ2n) is 10.2. The van der Waals surface area contributed by atoms with Crippen LogP contribution in [0.15, 0.2) is 59.1 Å². The first-order valence-electron chi connectivity index (χ1n) is 13.9. The lowest BCUT2D eigenvalue weighted by atomic mass is 10.1. The number of esters is 1. The predicted octanol–water partition coefficient (Wildman–Crippen LogP) is 5.59.